The molecule has 0 saturated carbocycles. The van der Waals surface area contributed by atoms with Crippen molar-refractivity contribution in [2.45, 2.75) is 46.0 Å². The van der Waals surface area contributed by atoms with Crippen LogP contribution < -0.4 is 4.74 Å². The molecule has 150 valence electrons. The zero-order chi connectivity index (χ0) is 20.5. The van der Waals surface area contributed by atoms with Gasteiger partial charge in [0.1, 0.15) is 0 Å². The predicted molar refractivity (Wildman–Crippen MR) is 123 cm³/mol. The van der Waals surface area contributed by atoms with Crippen molar-refractivity contribution in [3.63, 3.8) is 0 Å². The van der Waals surface area contributed by atoms with Gasteiger partial charge in [0, 0.05) is 11.0 Å². The average Bonchev–Trinajstić information content (AvgIpc) is 3.20. The minimum atomic E-state index is -0.309. The molecule has 0 spiro atoms. The van der Waals surface area contributed by atoms with E-state index in [0.29, 0.717) is 5.06 Å². The fraction of sp³-hybridized carbons (Fsp3) is 0.269. The Labute approximate surface area is 177 Å². The van der Waals surface area contributed by atoms with Crippen LogP contribution >= 0.6 is 11.3 Å². The van der Waals surface area contributed by atoms with Gasteiger partial charge in [0.15, 0.2) is 5.06 Å². The molecule has 0 N–H and O–H groups in total. The molecule has 1 heterocycles. The van der Waals surface area contributed by atoms with Crippen molar-refractivity contribution >= 4 is 17.3 Å². The number of carbonyl (C=O) groups is 1. The third-order valence-corrected chi connectivity index (χ3v) is 5.77. The van der Waals surface area contributed by atoms with Gasteiger partial charge in [-0.05, 0) is 47.2 Å². The number of hydrogen-bond donors (Lipinski definition) is 0. The van der Waals surface area contributed by atoms with E-state index in [1.807, 2.05) is 18.2 Å². The third kappa shape index (κ3) is 6.16. The molecule has 1 aromatic heterocycles. The largest absolute Gasteiger partial charge is 0.412 e. The van der Waals surface area contributed by atoms with Gasteiger partial charge < -0.3 is 4.74 Å². The van der Waals surface area contributed by atoms with Crippen LogP contribution in [0.1, 0.15) is 45.1 Å². The first-order valence-corrected chi connectivity index (χ1v) is 11.2. The van der Waals surface area contributed by atoms with Gasteiger partial charge in [-0.15, -0.1) is 0 Å². The summed E-state index contributed by atoms with van der Waals surface area (Å²) in [7, 11) is 0. The maximum absolute atomic E-state index is 11.9. The van der Waals surface area contributed by atoms with Gasteiger partial charge in [0.05, 0.1) is 0 Å². The molecule has 3 heteroatoms. The summed E-state index contributed by atoms with van der Waals surface area (Å²) in [6.45, 7) is 4.34. The standard InChI is InChI=1S/C26H28O2S/c1-3-5-6-7-9-25(27)28-26-19-18-24(29-26)23-16-14-22(15-17-23)21-12-10-20(8-4-2)11-13-21/h7,9-19H,3-6,8H2,1-2H3/b9-7+. The van der Waals surface area contributed by atoms with Crippen LogP contribution in [0, 0.1) is 0 Å². The van der Waals surface area contributed by atoms with Gasteiger partial charge in [-0.3, -0.25) is 0 Å². The highest BCUT2D eigenvalue weighted by atomic mass is 32.1. The molecule has 2 nitrogen and oxygen atoms in total. The van der Waals surface area contributed by atoms with Crippen LogP contribution in [-0.2, 0) is 11.2 Å². The van der Waals surface area contributed by atoms with Gasteiger partial charge in [-0.1, -0.05) is 99.1 Å². The molecule has 0 fully saturated rings. The second-order valence-electron chi connectivity index (χ2n) is 7.11. The number of carbonyl (C=O) groups excluding carboxylic acids is 1. The Morgan fingerprint density at radius 1 is 0.862 bits per heavy atom. The molecule has 0 unspecified atom stereocenters. The number of aryl methyl sites for hydroxylation is 1. The minimum absolute atomic E-state index is 0.309. The Bertz CT molecular complexity index is 934. The van der Waals surface area contributed by atoms with Crippen LogP contribution in [0.2, 0.25) is 0 Å². The summed E-state index contributed by atoms with van der Waals surface area (Å²) in [5.74, 6) is -0.309. The third-order valence-electron chi connectivity index (χ3n) is 4.76. The van der Waals surface area contributed by atoms with Crippen molar-refractivity contribution in [3.8, 4) is 26.6 Å². The number of hydrogen-bond acceptors (Lipinski definition) is 3. The van der Waals surface area contributed by atoms with Crippen LogP contribution in [0.5, 0.6) is 5.06 Å². The number of esters is 1. The highest BCUT2D eigenvalue weighted by Gasteiger charge is 2.07. The fourth-order valence-electron chi connectivity index (χ4n) is 3.14. The van der Waals surface area contributed by atoms with Crippen molar-refractivity contribution in [1.29, 1.82) is 0 Å². The Hall–Kier alpha value is -2.65. The van der Waals surface area contributed by atoms with Gasteiger partial charge in [-0.25, -0.2) is 4.79 Å². The highest BCUT2D eigenvalue weighted by Crippen LogP contribution is 2.34. The Balaban J connectivity index is 1.63. The molecule has 0 aliphatic rings. The minimum Gasteiger partial charge on any atom is -0.412 e. The number of rotatable bonds is 9. The quantitative estimate of drug-likeness (QED) is 0.208. The molecule has 0 amide bonds. The first-order valence-electron chi connectivity index (χ1n) is 10.4. The number of allylic oxidation sites excluding steroid dienone is 1. The van der Waals surface area contributed by atoms with E-state index in [1.165, 1.54) is 40.5 Å². The van der Waals surface area contributed by atoms with Gasteiger partial charge in [0.2, 0.25) is 0 Å². The lowest BCUT2D eigenvalue weighted by molar-refractivity contribution is -0.128. The van der Waals surface area contributed by atoms with Crippen molar-refractivity contribution < 1.29 is 9.53 Å². The van der Waals surface area contributed by atoms with E-state index in [4.69, 9.17) is 4.74 Å². The van der Waals surface area contributed by atoms with Crippen molar-refractivity contribution in [2.75, 3.05) is 0 Å². The second-order valence-corrected chi connectivity index (χ2v) is 8.15. The molecule has 0 atom stereocenters. The molecule has 3 aromatic rings. The first-order chi connectivity index (χ1) is 14.2. The molecule has 0 aliphatic carbocycles. The van der Waals surface area contributed by atoms with E-state index in [-0.39, 0.29) is 5.97 Å². The molecular formula is C26H28O2S. The molecule has 0 saturated heterocycles. The molecule has 0 bridgehead atoms. The summed E-state index contributed by atoms with van der Waals surface area (Å²) in [5, 5.41) is 0.626. The Morgan fingerprint density at radius 3 is 2.17 bits per heavy atom. The van der Waals surface area contributed by atoms with Gasteiger partial charge in [0.25, 0.3) is 0 Å². The maximum Gasteiger partial charge on any atom is 0.336 e. The SMILES string of the molecule is CCCC/C=C/C(=O)Oc1ccc(-c2ccc(-c3ccc(CCC)cc3)cc2)s1. The second kappa shape index (κ2) is 10.8. The maximum atomic E-state index is 11.9. The molecule has 29 heavy (non-hydrogen) atoms. The summed E-state index contributed by atoms with van der Waals surface area (Å²) in [6.07, 6.45) is 8.82. The lowest BCUT2D eigenvalue weighted by Crippen LogP contribution is -2.01. The normalized spacial score (nSPS) is 11.1. The fourth-order valence-corrected chi connectivity index (χ4v) is 4.01. The topological polar surface area (TPSA) is 26.3 Å². The predicted octanol–water partition coefficient (Wildman–Crippen LogP) is 7.69. The van der Waals surface area contributed by atoms with Crippen LogP contribution in [0.4, 0.5) is 0 Å². The molecular weight excluding hydrogens is 376 g/mol. The van der Waals surface area contributed by atoms with Crippen molar-refractivity contribution in [3.05, 3.63) is 78.4 Å². The number of benzene rings is 2. The van der Waals surface area contributed by atoms with Gasteiger partial charge in [-0.2, -0.15) is 0 Å². The van der Waals surface area contributed by atoms with E-state index in [9.17, 15) is 4.79 Å². The van der Waals surface area contributed by atoms with E-state index < -0.39 is 0 Å². The lowest BCUT2D eigenvalue weighted by Gasteiger charge is -2.05. The number of ether oxygens (including phenoxy) is 1. The zero-order valence-electron chi connectivity index (χ0n) is 17.2. The summed E-state index contributed by atoms with van der Waals surface area (Å²) in [5.41, 5.74) is 4.94. The van der Waals surface area contributed by atoms with Crippen molar-refractivity contribution in [1.82, 2.24) is 0 Å². The molecule has 3 rings (SSSR count). The van der Waals surface area contributed by atoms with Gasteiger partial charge >= 0.3 is 5.97 Å². The summed E-state index contributed by atoms with van der Waals surface area (Å²) in [4.78, 5) is 13.0. The van der Waals surface area contributed by atoms with Crippen LogP contribution in [0.25, 0.3) is 21.6 Å². The van der Waals surface area contributed by atoms with E-state index in [0.717, 1.165) is 36.1 Å². The van der Waals surface area contributed by atoms with Crippen LogP contribution in [0.3, 0.4) is 0 Å². The highest BCUT2D eigenvalue weighted by molar-refractivity contribution is 7.17. The first kappa shape index (κ1) is 21.1. The number of unbranched alkanes of at least 4 members (excludes halogenated alkanes) is 2. The molecule has 0 radical (unpaired) electrons. The average molecular weight is 405 g/mol. The smallest absolute Gasteiger partial charge is 0.336 e. The van der Waals surface area contributed by atoms with E-state index in [1.54, 1.807) is 0 Å². The summed E-state index contributed by atoms with van der Waals surface area (Å²) < 4.78 is 5.41. The Kier molecular flexibility index (Phi) is 7.83. The van der Waals surface area contributed by atoms with E-state index in [2.05, 4.69) is 62.4 Å². The monoisotopic (exact) mass is 404 g/mol. The lowest BCUT2D eigenvalue weighted by atomic mass is 10.0. The molecule has 0 aliphatic heterocycles. The Morgan fingerprint density at radius 2 is 1.52 bits per heavy atom. The summed E-state index contributed by atoms with van der Waals surface area (Å²) in [6, 6.07) is 21.2. The zero-order valence-corrected chi connectivity index (χ0v) is 18.0. The summed E-state index contributed by atoms with van der Waals surface area (Å²) >= 11 is 1.49. The van der Waals surface area contributed by atoms with Crippen LogP contribution in [0.15, 0.2) is 72.8 Å². The van der Waals surface area contributed by atoms with Crippen molar-refractivity contribution in [2.24, 2.45) is 0 Å². The molecule has 2 aromatic carbocycles. The van der Waals surface area contributed by atoms with Crippen LogP contribution in [-0.4, -0.2) is 5.97 Å². The number of thiophene rings is 1. The van der Waals surface area contributed by atoms with E-state index >= 15 is 0 Å².